The summed E-state index contributed by atoms with van der Waals surface area (Å²) in [7, 11) is -1.13. The lowest BCUT2D eigenvalue weighted by atomic mass is 9.92. The van der Waals surface area contributed by atoms with Crippen molar-refractivity contribution < 1.29 is 8.42 Å². The molecule has 1 saturated heterocycles. The SMILES string of the molecule is CN=C(NCCC(C)(C)C)NC1CCS(=O)(=O)C1.I. The number of rotatable bonds is 3. The molecule has 0 aromatic rings. The fraction of sp³-hybridized carbons (Fsp3) is 0.917. The Bertz CT molecular complexity index is 402. The van der Waals surface area contributed by atoms with E-state index < -0.39 is 9.84 Å². The molecule has 0 spiro atoms. The zero-order chi connectivity index (χ0) is 13.8. The summed E-state index contributed by atoms with van der Waals surface area (Å²) in [4.78, 5) is 4.12. The number of nitrogens with zero attached hydrogens (tertiary/aromatic N) is 1. The van der Waals surface area contributed by atoms with Crippen LogP contribution < -0.4 is 10.6 Å². The van der Waals surface area contributed by atoms with Gasteiger partial charge in [-0.25, -0.2) is 8.42 Å². The largest absolute Gasteiger partial charge is 0.356 e. The van der Waals surface area contributed by atoms with Crippen molar-refractivity contribution in [3.63, 3.8) is 0 Å². The molecule has 0 aliphatic carbocycles. The molecule has 0 aromatic carbocycles. The highest BCUT2D eigenvalue weighted by Gasteiger charge is 2.28. The van der Waals surface area contributed by atoms with Crippen molar-refractivity contribution in [1.82, 2.24) is 10.6 Å². The number of aliphatic imine (C=N–C) groups is 1. The zero-order valence-electron chi connectivity index (χ0n) is 12.2. The minimum absolute atomic E-state index is 0. The Hall–Kier alpha value is -0.0500. The van der Waals surface area contributed by atoms with Gasteiger partial charge in [0.05, 0.1) is 11.5 Å². The predicted octanol–water partition coefficient (Wildman–Crippen LogP) is 1.39. The van der Waals surface area contributed by atoms with Gasteiger partial charge in [0.15, 0.2) is 15.8 Å². The molecule has 1 rings (SSSR count). The molecular weight excluding hydrogens is 377 g/mol. The summed E-state index contributed by atoms with van der Waals surface area (Å²) in [5.41, 5.74) is 0.280. The van der Waals surface area contributed by atoms with Gasteiger partial charge in [0, 0.05) is 19.6 Å². The Morgan fingerprint density at radius 1 is 1.37 bits per heavy atom. The van der Waals surface area contributed by atoms with Crippen molar-refractivity contribution in [2.24, 2.45) is 10.4 Å². The summed E-state index contributed by atoms with van der Waals surface area (Å²) in [6, 6.07) is -0.00385. The van der Waals surface area contributed by atoms with E-state index in [4.69, 9.17) is 0 Å². The second-order valence-corrected chi connectivity index (χ2v) is 8.28. The highest BCUT2D eigenvalue weighted by molar-refractivity contribution is 14.0. The van der Waals surface area contributed by atoms with E-state index in [-0.39, 0.29) is 46.9 Å². The molecule has 1 aliphatic heterocycles. The molecule has 5 nitrogen and oxygen atoms in total. The molecule has 1 heterocycles. The Morgan fingerprint density at radius 3 is 2.42 bits per heavy atom. The second-order valence-electron chi connectivity index (χ2n) is 6.05. The van der Waals surface area contributed by atoms with Crippen molar-refractivity contribution in [2.45, 2.75) is 39.7 Å². The summed E-state index contributed by atoms with van der Waals surface area (Å²) in [6.45, 7) is 7.40. The van der Waals surface area contributed by atoms with Gasteiger partial charge >= 0.3 is 0 Å². The van der Waals surface area contributed by atoms with E-state index >= 15 is 0 Å². The number of halogens is 1. The molecule has 1 atom stereocenters. The van der Waals surface area contributed by atoms with Crippen molar-refractivity contribution in [2.75, 3.05) is 25.1 Å². The van der Waals surface area contributed by atoms with Crippen LogP contribution in [0.15, 0.2) is 4.99 Å². The molecule has 0 bridgehead atoms. The average molecular weight is 403 g/mol. The average Bonchev–Trinajstić information content (AvgIpc) is 2.55. The van der Waals surface area contributed by atoms with Gasteiger partial charge in [-0.2, -0.15) is 0 Å². The Kier molecular flexibility index (Phi) is 7.64. The first kappa shape index (κ1) is 18.9. The van der Waals surface area contributed by atoms with Gasteiger partial charge in [0.1, 0.15) is 0 Å². The van der Waals surface area contributed by atoms with Gasteiger partial charge in [-0.1, -0.05) is 20.8 Å². The van der Waals surface area contributed by atoms with Crippen LogP contribution in [0.3, 0.4) is 0 Å². The maximum absolute atomic E-state index is 11.4. The number of hydrogen-bond acceptors (Lipinski definition) is 3. The highest BCUT2D eigenvalue weighted by atomic mass is 127. The smallest absolute Gasteiger partial charge is 0.191 e. The standard InChI is InChI=1S/C12H25N3O2S.HI/c1-12(2,3)6-7-14-11(13-4)15-10-5-8-18(16,17)9-10;/h10H,5-9H2,1-4H3,(H2,13,14,15);1H. The van der Waals surface area contributed by atoms with E-state index in [0.717, 1.165) is 13.0 Å². The van der Waals surface area contributed by atoms with Crippen molar-refractivity contribution in [1.29, 1.82) is 0 Å². The van der Waals surface area contributed by atoms with E-state index in [2.05, 4.69) is 36.4 Å². The van der Waals surface area contributed by atoms with Crippen molar-refractivity contribution in [3.8, 4) is 0 Å². The monoisotopic (exact) mass is 403 g/mol. The first-order valence-corrected chi connectivity index (χ1v) is 8.22. The molecule has 7 heteroatoms. The molecule has 1 unspecified atom stereocenters. The van der Waals surface area contributed by atoms with Gasteiger partial charge in [0.25, 0.3) is 0 Å². The first-order valence-electron chi connectivity index (χ1n) is 6.39. The zero-order valence-corrected chi connectivity index (χ0v) is 15.3. The molecule has 19 heavy (non-hydrogen) atoms. The van der Waals surface area contributed by atoms with Crippen LogP contribution in [0.1, 0.15) is 33.6 Å². The van der Waals surface area contributed by atoms with Gasteiger partial charge in [0.2, 0.25) is 0 Å². The molecular formula is C12H26IN3O2S. The molecule has 0 saturated carbocycles. The van der Waals surface area contributed by atoms with Crippen LogP contribution in [-0.4, -0.2) is 45.5 Å². The molecule has 114 valence electrons. The molecule has 0 radical (unpaired) electrons. The molecule has 2 N–H and O–H groups in total. The third-order valence-electron chi connectivity index (χ3n) is 2.96. The molecule has 1 aliphatic rings. The number of hydrogen-bond donors (Lipinski definition) is 2. The summed E-state index contributed by atoms with van der Waals surface area (Å²) in [5.74, 6) is 1.19. The van der Waals surface area contributed by atoms with Crippen molar-refractivity contribution in [3.05, 3.63) is 0 Å². The minimum Gasteiger partial charge on any atom is -0.356 e. The molecule has 1 fully saturated rings. The van der Waals surface area contributed by atoms with Crippen LogP contribution in [0, 0.1) is 5.41 Å². The van der Waals surface area contributed by atoms with Crippen LogP contribution in [0.2, 0.25) is 0 Å². The van der Waals surface area contributed by atoms with Gasteiger partial charge < -0.3 is 10.6 Å². The summed E-state index contributed by atoms with van der Waals surface area (Å²) >= 11 is 0. The van der Waals surface area contributed by atoms with Gasteiger partial charge in [-0.15, -0.1) is 24.0 Å². The van der Waals surface area contributed by atoms with E-state index in [1.165, 1.54) is 0 Å². The van der Waals surface area contributed by atoms with Crippen LogP contribution in [0.25, 0.3) is 0 Å². The van der Waals surface area contributed by atoms with Gasteiger partial charge in [-0.05, 0) is 18.3 Å². The second kappa shape index (κ2) is 7.66. The Morgan fingerprint density at radius 2 is 2.00 bits per heavy atom. The van der Waals surface area contributed by atoms with Crippen LogP contribution in [0.4, 0.5) is 0 Å². The molecule has 0 amide bonds. The van der Waals surface area contributed by atoms with Crippen LogP contribution in [-0.2, 0) is 9.84 Å². The summed E-state index contributed by atoms with van der Waals surface area (Å²) in [5, 5.41) is 6.39. The third kappa shape index (κ3) is 7.96. The maximum atomic E-state index is 11.4. The Balaban J connectivity index is 0.00000324. The van der Waals surface area contributed by atoms with Crippen LogP contribution in [0.5, 0.6) is 0 Å². The third-order valence-corrected chi connectivity index (χ3v) is 4.73. The Labute approximate surface area is 134 Å². The summed E-state index contributed by atoms with van der Waals surface area (Å²) < 4.78 is 22.7. The lowest BCUT2D eigenvalue weighted by Gasteiger charge is -2.20. The topological polar surface area (TPSA) is 70.6 Å². The van der Waals surface area contributed by atoms with Gasteiger partial charge in [-0.3, -0.25) is 4.99 Å². The van der Waals surface area contributed by atoms with E-state index in [0.29, 0.717) is 12.4 Å². The maximum Gasteiger partial charge on any atom is 0.191 e. The number of guanidine groups is 1. The van der Waals surface area contributed by atoms with Crippen LogP contribution >= 0.6 is 24.0 Å². The fourth-order valence-electron chi connectivity index (χ4n) is 1.85. The summed E-state index contributed by atoms with van der Waals surface area (Å²) in [6.07, 6.45) is 1.71. The van der Waals surface area contributed by atoms with E-state index in [1.54, 1.807) is 7.05 Å². The predicted molar refractivity (Wildman–Crippen MR) is 91.0 cm³/mol. The lowest BCUT2D eigenvalue weighted by Crippen LogP contribution is -2.44. The first-order chi connectivity index (χ1) is 8.22. The molecule has 0 aromatic heterocycles. The number of nitrogens with one attached hydrogen (secondary N) is 2. The highest BCUT2D eigenvalue weighted by Crippen LogP contribution is 2.17. The number of sulfone groups is 1. The lowest BCUT2D eigenvalue weighted by molar-refractivity contribution is 0.377. The van der Waals surface area contributed by atoms with E-state index in [1.807, 2.05) is 0 Å². The minimum atomic E-state index is -2.84. The fourth-order valence-corrected chi connectivity index (χ4v) is 3.53. The van der Waals surface area contributed by atoms with E-state index in [9.17, 15) is 8.42 Å². The van der Waals surface area contributed by atoms with Crippen molar-refractivity contribution >= 4 is 39.8 Å². The normalized spacial score (nSPS) is 22.7. The quantitative estimate of drug-likeness (QED) is 0.425.